The molecule has 1 saturated heterocycles. The fourth-order valence-electron chi connectivity index (χ4n) is 2.03. The Hall–Kier alpha value is -0.753. The van der Waals surface area contributed by atoms with Crippen LogP contribution in [0, 0.1) is 18.0 Å². The first-order chi connectivity index (χ1) is 9.71. The first-order valence-corrected chi connectivity index (χ1v) is 7.07. The van der Waals surface area contributed by atoms with Crippen LogP contribution in [0.5, 0.6) is 0 Å². The molecule has 5 nitrogen and oxygen atoms in total. The van der Waals surface area contributed by atoms with Crippen LogP contribution in [0.4, 0.5) is 0 Å². The molecule has 2 heterocycles. The Labute approximate surface area is 138 Å². The second kappa shape index (κ2) is 8.63. The van der Waals surface area contributed by atoms with E-state index in [-0.39, 0.29) is 25.0 Å². The van der Waals surface area contributed by atoms with Gasteiger partial charge in [0.05, 0.1) is 6.61 Å². The van der Waals surface area contributed by atoms with Crippen LogP contribution in [0.1, 0.15) is 39.3 Å². The molecule has 0 aromatic carbocycles. The second-order valence-corrected chi connectivity index (χ2v) is 4.60. The topological polar surface area (TPSA) is 45.5 Å². The largest absolute Gasteiger partial charge is 1.00 e. The molecular weight excluding hydrogens is 263 g/mol. The number of nitrogens with zero attached hydrogens (tertiary/aromatic N) is 2. The number of hydrogen-bond donors (Lipinski definition) is 0. The molecule has 1 aromatic heterocycles. The van der Waals surface area contributed by atoms with Crippen molar-refractivity contribution in [2.24, 2.45) is 0 Å². The molecule has 110 valence electrons. The molecule has 0 saturated carbocycles. The van der Waals surface area contributed by atoms with Crippen molar-refractivity contribution in [2.45, 2.75) is 52.2 Å². The van der Waals surface area contributed by atoms with Gasteiger partial charge >= 0.3 is 18.9 Å². The summed E-state index contributed by atoms with van der Waals surface area (Å²) >= 11 is 0. The van der Waals surface area contributed by atoms with E-state index in [4.69, 9.17) is 14.2 Å². The van der Waals surface area contributed by atoms with E-state index >= 15 is 0 Å². The Balaban J connectivity index is 0.00000220. The Morgan fingerprint density at radius 3 is 2.86 bits per heavy atom. The molecular formula is C15H21LiN2O3. The van der Waals surface area contributed by atoms with E-state index in [1.54, 1.807) is 10.9 Å². The van der Waals surface area contributed by atoms with Gasteiger partial charge in [-0.3, -0.25) is 0 Å². The van der Waals surface area contributed by atoms with Gasteiger partial charge in [0.25, 0.3) is 0 Å². The SMILES string of the molecule is CCOCn1[c-]c(C#C[C@@H]2COC(CC)(CC)O2)nc1.[Li+]. The van der Waals surface area contributed by atoms with Crippen molar-refractivity contribution in [1.82, 2.24) is 9.55 Å². The predicted molar refractivity (Wildman–Crippen MR) is 73.7 cm³/mol. The van der Waals surface area contributed by atoms with Crippen molar-refractivity contribution in [3.63, 3.8) is 0 Å². The zero-order valence-electron chi connectivity index (χ0n) is 13.3. The minimum absolute atomic E-state index is 0. The van der Waals surface area contributed by atoms with E-state index in [0.717, 1.165) is 12.8 Å². The summed E-state index contributed by atoms with van der Waals surface area (Å²) in [4.78, 5) is 4.16. The predicted octanol–water partition coefficient (Wildman–Crippen LogP) is -1.04. The summed E-state index contributed by atoms with van der Waals surface area (Å²) in [5.41, 5.74) is 0.596. The normalized spacial score (nSPS) is 19.7. The maximum absolute atomic E-state index is 5.87. The molecule has 1 atom stereocenters. The summed E-state index contributed by atoms with van der Waals surface area (Å²) in [6.07, 6.45) is 6.16. The average Bonchev–Trinajstić information content (AvgIpc) is 3.10. The van der Waals surface area contributed by atoms with Crippen LogP contribution in [-0.4, -0.2) is 34.7 Å². The van der Waals surface area contributed by atoms with Crippen LogP contribution in [0.15, 0.2) is 6.33 Å². The first-order valence-electron chi connectivity index (χ1n) is 7.07. The zero-order chi connectivity index (χ0) is 14.4. The molecule has 0 aliphatic carbocycles. The molecule has 6 heteroatoms. The summed E-state index contributed by atoms with van der Waals surface area (Å²) in [5.74, 6) is 5.56. The van der Waals surface area contributed by atoms with Gasteiger partial charge in [-0.1, -0.05) is 20.0 Å². The minimum Gasteiger partial charge on any atom is -0.422 e. The maximum Gasteiger partial charge on any atom is 1.00 e. The van der Waals surface area contributed by atoms with Crippen LogP contribution in [-0.2, 0) is 20.9 Å². The third-order valence-corrected chi connectivity index (χ3v) is 3.29. The van der Waals surface area contributed by atoms with Crippen molar-refractivity contribution >= 4 is 0 Å². The van der Waals surface area contributed by atoms with Crippen molar-refractivity contribution in [2.75, 3.05) is 13.2 Å². The molecule has 1 fully saturated rings. The van der Waals surface area contributed by atoms with E-state index in [1.807, 2.05) is 6.92 Å². The summed E-state index contributed by atoms with van der Waals surface area (Å²) in [6.45, 7) is 7.68. The fourth-order valence-corrected chi connectivity index (χ4v) is 2.03. The van der Waals surface area contributed by atoms with Crippen molar-refractivity contribution in [3.05, 3.63) is 18.2 Å². The zero-order valence-corrected chi connectivity index (χ0v) is 13.3. The average molecular weight is 284 g/mol. The van der Waals surface area contributed by atoms with Gasteiger partial charge in [0.1, 0.15) is 12.8 Å². The van der Waals surface area contributed by atoms with E-state index in [1.165, 1.54) is 0 Å². The molecule has 0 unspecified atom stereocenters. The van der Waals surface area contributed by atoms with E-state index in [0.29, 0.717) is 25.6 Å². The molecule has 0 bridgehead atoms. The first kappa shape index (κ1) is 18.3. The monoisotopic (exact) mass is 284 g/mol. The maximum atomic E-state index is 5.87. The van der Waals surface area contributed by atoms with Crippen LogP contribution < -0.4 is 18.9 Å². The molecule has 0 N–H and O–H groups in total. The van der Waals surface area contributed by atoms with Crippen molar-refractivity contribution < 1.29 is 33.1 Å². The molecule has 0 radical (unpaired) electrons. The van der Waals surface area contributed by atoms with Gasteiger partial charge in [-0.15, -0.1) is 5.92 Å². The standard InChI is InChI=1S/C15H21N2O3.Li/c1-4-15(5-2)19-10-14(20-15)8-7-13-9-17(11-16-13)12-18-6-3;/h11,14H,4-6,10,12H2,1-3H3;/q-1;+1/t14-;/m1./s1. The van der Waals surface area contributed by atoms with E-state index in [9.17, 15) is 0 Å². The molecule has 0 amide bonds. The van der Waals surface area contributed by atoms with Crippen LogP contribution >= 0.6 is 0 Å². The quantitative estimate of drug-likeness (QED) is 0.394. The molecule has 0 spiro atoms. The third kappa shape index (κ3) is 4.88. The summed E-state index contributed by atoms with van der Waals surface area (Å²) in [6, 6.07) is 0. The Morgan fingerprint density at radius 1 is 1.48 bits per heavy atom. The Kier molecular flexibility index (Phi) is 7.52. The Morgan fingerprint density at radius 2 is 2.24 bits per heavy atom. The summed E-state index contributed by atoms with van der Waals surface area (Å²) in [5, 5.41) is 0. The van der Waals surface area contributed by atoms with E-state index < -0.39 is 5.79 Å². The molecule has 1 aliphatic heterocycles. The van der Waals surface area contributed by atoms with Gasteiger partial charge in [0.15, 0.2) is 5.79 Å². The van der Waals surface area contributed by atoms with Gasteiger partial charge in [-0.25, -0.2) is 0 Å². The number of imidazole rings is 1. The molecule has 2 rings (SSSR count). The molecule has 21 heavy (non-hydrogen) atoms. The third-order valence-electron chi connectivity index (χ3n) is 3.29. The summed E-state index contributed by atoms with van der Waals surface area (Å²) in [7, 11) is 0. The minimum atomic E-state index is -0.461. The fraction of sp³-hybridized carbons (Fsp3) is 0.667. The van der Waals surface area contributed by atoms with Gasteiger partial charge in [-0.2, -0.15) is 5.92 Å². The van der Waals surface area contributed by atoms with Gasteiger partial charge < -0.3 is 23.8 Å². The molecule has 1 aliphatic rings. The number of hydrogen-bond acceptors (Lipinski definition) is 4. The van der Waals surface area contributed by atoms with Gasteiger partial charge in [0.2, 0.25) is 0 Å². The van der Waals surface area contributed by atoms with Crippen LogP contribution in [0.25, 0.3) is 0 Å². The van der Waals surface area contributed by atoms with Crippen LogP contribution in [0.2, 0.25) is 0 Å². The second-order valence-electron chi connectivity index (χ2n) is 4.60. The number of rotatable bonds is 5. The van der Waals surface area contributed by atoms with Gasteiger partial charge in [-0.05, 0) is 31.8 Å². The number of aromatic nitrogens is 2. The van der Waals surface area contributed by atoms with Crippen LogP contribution in [0.3, 0.4) is 0 Å². The Bertz CT molecular complexity index is 489. The van der Waals surface area contributed by atoms with Crippen molar-refractivity contribution in [3.8, 4) is 11.8 Å². The smallest absolute Gasteiger partial charge is 0.422 e. The molecule has 1 aromatic rings. The number of ether oxygens (including phenoxy) is 3. The van der Waals surface area contributed by atoms with E-state index in [2.05, 4.69) is 36.9 Å². The van der Waals surface area contributed by atoms with Crippen molar-refractivity contribution in [1.29, 1.82) is 0 Å². The summed E-state index contributed by atoms with van der Waals surface area (Å²) < 4.78 is 18.6. The van der Waals surface area contributed by atoms with Gasteiger partial charge in [0, 0.05) is 6.61 Å².